The third kappa shape index (κ3) is 3.85. The number of carbonyl (C=O) groups excluding carboxylic acids is 2. The van der Waals surface area contributed by atoms with Crippen LogP contribution in [0.1, 0.15) is 15.9 Å². The molecular weight excluding hydrogens is 280 g/mol. The molecular formula is C17H17N2O3-. The van der Waals surface area contributed by atoms with Crippen molar-refractivity contribution in [2.75, 3.05) is 18.5 Å². The van der Waals surface area contributed by atoms with Crippen LogP contribution in [0.5, 0.6) is 0 Å². The van der Waals surface area contributed by atoms with Gasteiger partial charge >= 0.3 is 0 Å². The number of para-hydroxylation sites is 1. The number of rotatable bonds is 5. The maximum atomic E-state index is 12.2. The molecule has 1 N–H and O–H groups in total. The number of carboxylic acid groups (broad SMARTS) is 1. The normalized spacial score (nSPS) is 10.0. The monoisotopic (exact) mass is 297 g/mol. The summed E-state index contributed by atoms with van der Waals surface area (Å²) in [6.45, 7) is 0.478. The second-order valence-corrected chi connectivity index (χ2v) is 4.83. The van der Waals surface area contributed by atoms with Crippen LogP contribution in [-0.2, 0) is 6.42 Å². The van der Waals surface area contributed by atoms with Crippen molar-refractivity contribution in [3.05, 3.63) is 65.7 Å². The summed E-state index contributed by atoms with van der Waals surface area (Å²) >= 11 is 0. The summed E-state index contributed by atoms with van der Waals surface area (Å²) in [4.78, 5) is 24.1. The highest BCUT2D eigenvalue weighted by Crippen LogP contribution is 2.18. The van der Waals surface area contributed by atoms with E-state index in [9.17, 15) is 14.7 Å². The fourth-order valence-electron chi connectivity index (χ4n) is 2.12. The minimum absolute atomic E-state index is 0.305. The minimum atomic E-state index is -1.36. The van der Waals surface area contributed by atoms with Gasteiger partial charge in [0.2, 0.25) is 0 Å². The Morgan fingerprint density at radius 2 is 1.68 bits per heavy atom. The van der Waals surface area contributed by atoms with Crippen molar-refractivity contribution in [3.8, 4) is 0 Å². The molecule has 0 bridgehead atoms. The summed E-state index contributed by atoms with van der Waals surface area (Å²) in [5.41, 5.74) is 1.74. The molecule has 0 spiro atoms. The van der Waals surface area contributed by atoms with E-state index in [4.69, 9.17) is 0 Å². The first-order chi connectivity index (χ1) is 10.6. The highest BCUT2D eigenvalue weighted by molar-refractivity contribution is 6.02. The molecule has 0 saturated carbocycles. The number of hydrogen-bond acceptors (Lipinski definition) is 3. The Balaban J connectivity index is 2.02. The van der Waals surface area contributed by atoms with Gasteiger partial charge in [0.1, 0.15) is 6.09 Å². The summed E-state index contributed by atoms with van der Waals surface area (Å²) in [6, 6.07) is 16.3. The van der Waals surface area contributed by atoms with E-state index in [-0.39, 0.29) is 5.91 Å². The third-order valence-electron chi connectivity index (χ3n) is 3.33. The average Bonchev–Trinajstić information content (AvgIpc) is 2.55. The van der Waals surface area contributed by atoms with Gasteiger partial charge < -0.3 is 20.1 Å². The van der Waals surface area contributed by atoms with Crippen LogP contribution in [0.25, 0.3) is 0 Å². The van der Waals surface area contributed by atoms with Crippen LogP contribution in [-0.4, -0.2) is 25.6 Å². The van der Waals surface area contributed by atoms with E-state index in [1.54, 1.807) is 24.3 Å². The molecule has 2 aromatic carbocycles. The number of amides is 2. The van der Waals surface area contributed by atoms with Gasteiger partial charge in [-0.1, -0.05) is 42.5 Å². The smallest absolute Gasteiger partial charge is 0.253 e. The van der Waals surface area contributed by atoms with Gasteiger partial charge in [-0.15, -0.1) is 0 Å². The van der Waals surface area contributed by atoms with E-state index < -0.39 is 6.09 Å². The van der Waals surface area contributed by atoms with Crippen LogP contribution in [0.4, 0.5) is 10.5 Å². The summed E-state index contributed by atoms with van der Waals surface area (Å²) < 4.78 is 0. The third-order valence-corrected chi connectivity index (χ3v) is 3.33. The highest BCUT2D eigenvalue weighted by Gasteiger charge is 2.13. The average molecular weight is 297 g/mol. The van der Waals surface area contributed by atoms with Crippen molar-refractivity contribution in [3.63, 3.8) is 0 Å². The van der Waals surface area contributed by atoms with Crippen molar-refractivity contribution < 1.29 is 14.7 Å². The van der Waals surface area contributed by atoms with E-state index in [2.05, 4.69) is 5.32 Å². The zero-order chi connectivity index (χ0) is 15.9. The molecule has 0 aliphatic carbocycles. The van der Waals surface area contributed by atoms with E-state index in [0.717, 1.165) is 10.5 Å². The molecule has 2 rings (SSSR count). The first-order valence-electron chi connectivity index (χ1n) is 6.95. The quantitative estimate of drug-likeness (QED) is 0.907. The Kier molecular flexibility index (Phi) is 5.14. The van der Waals surface area contributed by atoms with E-state index in [1.165, 1.54) is 7.05 Å². The first kappa shape index (κ1) is 15.6. The van der Waals surface area contributed by atoms with Gasteiger partial charge in [-0.3, -0.25) is 4.79 Å². The predicted molar refractivity (Wildman–Crippen MR) is 82.7 cm³/mol. The molecule has 2 amide bonds. The molecule has 0 aromatic heterocycles. The van der Waals surface area contributed by atoms with Gasteiger partial charge in [-0.05, 0) is 24.1 Å². The highest BCUT2D eigenvalue weighted by atomic mass is 16.4. The zero-order valence-electron chi connectivity index (χ0n) is 12.3. The Morgan fingerprint density at radius 1 is 1.05 bits per heavy atom. The molecule has 0 aliphatic heterocycles. The number of benzene rings is 2. The number of nitrogens with one attached hydrogen (secondary N) is 1. The maximum absolute atomic E-state index is 12.2. The molecule has 22 heavy (non-hydrogen) atoms. The first-order valence-corrected chi connectivity index (χ1v) is 6.95. The number of carbonyl (C=O) groups is 2. The number of anilines is 1. The van der Waals surface area contributed by atoms with Gasteiger partial charge in [-0.25, -0.2) is 0 Å². The fraction of sp³-hybridized carbons (Fsp3) is 0.176. The molecule has 0 fully saturated rings. The summed E-state index contributed by atoms with van der Waals surface area (Å²) in [7, 11) is 1.35. The van der Waals surface area contributed by atoms with Gasteiger partial charge in [0, 0.05) is 13.6 Å². The van der Waals surface area contributed by atoms with Crippen molar-refractivity contribution in [2.24, 2.45) is 0 Å². The molecule has 5 nitrogen and oxygen atoms in total. The Hall–Kier alpha value is -2.82. The molecule has 0 unspecified atom stereocenters. The fourth-order valence-corrected chi connectivity index (χ4v) is 2.12. The molecule has 114 valence electrons. The second-order valence-electron chi connectivity index (χ2n) is 4.83. The van der Waals surface area contributed by atoms with E-state index >= 15 is 0 Å². The van der Waals surface area contributed by atoms with Crippen molar-refractivity contribution >= 4 is 17.7 Å². The largest absolute Gasteiger partial charge is 0.530 e. The number of hydrogen-bond donors (Lipinski definition) is 1. The van der Waals surface area contributed by atoms with Crippen LogP contribution in [0.2, 0.25) is 0 Å². The molecule has 5 heteroatoms. The Morgan fingerprint density at radius 3 is 2.36 bits per heavy atom. The maximum Gasteiger partial charge on any atom is 0.253 e. The Bertz CT molecular complexity index is 656. The van der Waals surface area contributed by atoms with E-state index in [0.29, 0.717) is 24.2 Å². The lowest BCUT2D eigenvalue weighted by Crippen LogP contribution is -2.39. The van der Waals surface area contributed by atoms with Crippen LogP contribution in [0, 0.1) is 0 Å². The lowest BCUT2D eigenvalue weighted by atomic mass is 10.1. The summed E-state index contributed by atoms with van der Waals surface area (Å²) in [5, 5.41) is 13.8. The molecule has 0 atom stereocenters. The minimum Gasteiger partial charge on any atom is -0.530 e. The molecule has 0 saturated heterocycles. The van der Waals surface area contributed by atoms with Gasteiger partial charge in [0.25, 0.3) is 5.91 Å². The van der Waals surface area contributed by atoms with Crippen LogP contribution < -0.4 is 15.3 Å². The SMILES string of the molecule is CN(C(=O)[O-])c1ccccc1C(=O)NCCc1ccccc1. The van der Waals surface area contributed by atoms with Gasteiger partial charge in [0.15, 0.2) is 0 Å². The van der Waals surface area contributed by atoms with Crippen molar-refractivity contribution in [1.29, 1.82) is 0 Å². The predicted octanol–water partition coefficient (Wildman–Crippen LogP) is 1.44. The summed E-state index contributed by atoms with van der Waals surface area (Å²) in [6.07, 6.45) is -0.644. The standard InChI is InChI=1S/C17H18N2O3/c1-19(17(21)22)15-10-6-5-9-14(15)16(20)18-12-11-13-7-3-2-4-8-13/h2-10H,11-12H2,1H3,(H,18,20)(H,21,22)/p-1. The number of nitrogens with zero attached hydrogens (tertiary/aromatic N) is 1. The lowest BCUT2D eigenvalue weighted by Gasteiger charge is -2.22. The van der Waals surface area contributed by atoms with Crippen LogP contribution >= 0.6 is 0 Å². The summed E-state index contributed by atoms with van der Waals surface area (Å²) in [5.74, 6) is -0.306. The van der Waals surface area contributed by atoms with E-state index in [1.807, 2.05) is 30.3 Å². The second kappa shape index (κ2) is 7.26. The van der Waals surface area contributed by atoms with Crippen molar-refractivity contribution in [2.45, 2.75) is 6.42 Å². The van der Waals surface area contributed by atoms with Crippen LogP contribution in [0.3, 0.4) is 0 Å². The van der Waals surface area contributed by atoms with Crippen LogP contribution in [0.15, 0.2) is 54.6 Å². The zero-order valence-corrected chi connectivity index (χ0v) is 12.3. The van der Waals surface area contributed by atoms with Crippen molar-refractivity contribution in [1.82, 2.24) is 5.32 Å². The molecule has 0 heterocycles. The van der Waals surface area contributed by atoms with Gasteiger partial charge in [-0.2, -0.15) is 0 Å². The lowest BCUT2D eigenvalue weighted by molar-refractivity contribution is -0.246. The van der Waals surface area contributed by atoms with Gasteiger partial charge in [0.05, 0.1) is 11.3 Å². The Labute approximate surface area is 129 Å². The molecule has 2 aromatic rings. The topological polar surface area (TPSA) is 72.5 Å². The molecule has 0 aliphatic rings. The molecule has 0 radical (unpaired) electrons.